The highest BCUT2D eigenvalue weighted by Crippen LogP contribution is 2.66. The maximum atomic E-state index is 12.0. The van der Waals surface area contributed by atoms with Crippen molar-refractivity contribution in [2.45, 2.75) is 25.7 Å². The van der Waals surface area contributed by atoms with Gasteiger partial charge in [0.25, 0.3) is 0 Å². The summed E-state index contributed by atoms with van der Waals surface area (Å²) in [4.78, 5) is 55.6. The third-order valence-corrected chi connectivity index (χ3v) is 8.84. The Morgan fingerprint density at radius 2 is 1.95 bits per heavy atom. The van der Waals surface area contributed by atoms with E-state index < -0.39 is 48.5 Å². The first kappa shape index (κ1) is 30.2. The largest absolute Gasteiger partial charge is 0.490 e. The molecule has 7 N–H and O–H groups in total. The third-order valence-electron chi connectivity index (χ3n) is 5.04. The van der Waals surface area contributed by atoms with E-state index in [1.54, 1.807) is 17.7 Å². The van der Waals surface area contributed by atoms with Crippen molar-refractivity contribution in [1.82, 2.24) is 19.9 Å². The van der Waals surface area contributed by atoms with Gasteiger partial charge in [0, 0.05) is 6.20 Å². The summed E-state index contributed by atoms with van der Waals surface area (Å²) in [6.45, 7) is 1.15. The maximum Gasteiger partial charge on any atom is 0.490 e. The smallest absolute Gasteiger partial charge is 0.453 e. The van der Waals surface area contributed by atoms with Crippen LogP contribution >= 0.6 is 23.5 Å². The molecular weight excluding hydrogens is 575 g/mol. The number of carbonyl (C=O) groups is 1. The van der Waals surface area contributed by atoms with Gasteiger partial charge in [-0.3, -0.25) is 4.52 Å². The number of anilines is 1. The van der Waals surface area contributed by atoms with Gasteiger partial charge in [-0.1, -0.05) is 18.8 Å². The number of methoxy groups -OCH3 is 1. The highest BCUT2D eigenvalue weighted by molar-refractivity contribution is 7.66. The molecule has 18 nitrogen and oxygen atoms in total. The zero-order valence-corrected chi connectivity index (χ0v) is 22.4. The monoisotopic (exact) mass is 599 g/mol. The number of fused-ring (bicyclic) bond motifs is 1. The van der Waals surface area contributed by atoms with Gasteiger partial charge >= 0.3 is 29.6 Å². The fraction of sp³-hybridized carbons (Fsp3) is 0.471. The van der Waals surface area contributed by atoms with Crippen LogP contribution in [0.2, 0.25) is 0 Å². The molecule has 21 heteroatoms. The summed E-state index contributed by atoms with van der Waals surface area (Å²) < 4.78 is 58.4. The minimum absolute atomic E-state index is 0.00736. The zero-order valence-electron chi connectivity index (χ0n) is 19.7. The van der Waals surface area contributed by atoms with Crippen molar-refractivity contribution in [2.75, 3.05) is 26.0 Å². The summed E-state index contributed by atoms with van der Waals surface area (Å²) >= 11 is 0. The fourth-order valence-electron chi connectivity index (χ4n) is 3.47. The number of phosphoric acid groups is 3. The van der Waals surface area contributed by atoms with Crippen LogP contribution in [0.1, 0.15) is 25.1 Å². The van der Waals surface area contributed by atoms with Crippen LogP contribution in [-0.2, 0) is 36.3 Å². The van der Waals surface area contributed by atoms with Crippen molar-refractivity contribution in [2.24, 2.45) is 5.92 Å². The van der Waals surface area contributed by atoms with E-state index >= 15 is 0 Å². The molecule has 1 aliphatic heterocycles. The minimum Gasteiger partial charge on any atom is -0.453 e. The minimum atomic E-state index is -5.64. The number of amides is 1. The lowest BCUT2D eigenvalue weighted by atomic mass is 10.0. The Kier molecular flexibility index (Phi) is 9.36. The van der Waals surface area contributed by atoms with Crippen molar-refractivity contribution < 1.29 is 60.7 Å². The Balaban J connectivity index is 1.73. The molecule has 0 saturated carbocycles. The number of nitrogens with zero attached hydrogens (tertiary/aromatic N) is 3. The van der Waals surface area contributed by atoms with Gasteiger partial charge in [-0.25, -0.2) is 28.5 Å². The number of nitrogens with one attached hydrogen (secondary N) is 1. The molecule has 3 heterocycles. The number of rotatable bonds is 9. The van der Waals surface area contributed by atoms with E-state index in [9.17, 15) is 28.3 Å². The molecule has 0 aromatic carbocycles. The normalized spacial score (nSPS) is 22.7. The SMILES string of the molecule is COC(=O)NCC#Cc1cn([C@H]2CC(C)[C@@H](COP(=O)(O)OP(=O)(O)OP(=O)(O)O)O2)c2ncnc(N)c12. The Morgan fingerprint density at radius 1 is 1.24 bits per heavy atom. The van der Waals surface area contributed by atoms with Crippen molar-refractivity contribution in [3.05, 3.63) is 18.1 Å². The second kappa shape index (κ2) is 11.8. The molecule has 0 radical (unpaired) electrons. The Labute approximate surface area is 214 Å². The zero-order chi connectivity index (χ0) is 28.3. The molecule has 0 aliphatic carbocycles. The quantitative estimate of drug-likeness (QED) is 0.173. The molecule has 0 bridgehead atoms. The lowest BCUT2D eigenvalue weighted by Gasteiger charge is -2.20. The molecule has 2 aromatic rings. The van der Waals surface area contributed by atoms with E-state index in [1.807, 2.05) is 0 Å². The topological polar surface area (TPSA) is 264 Å². The summed E-state index contributed by atoms with van der Waals surface area (Å²) in [6, 6.07) is 0. The highest BCUT2D eigenvalue weighted by Gasteiger charge is 2.42. The molecule has 38 heavy (non-hydrogen) atoms. The van der Waals surface area contributed by atoms with Crippen LogP contribution in [0.5, 0.6) is 0 Å². The summed E-state index contributed by atoms with van der Waals surface area (Å²) in [5.41, 5.74) is 6.85. The van der Waals surface area contributed by atoms with Crippen molar-refractivity contribution in [1.29, 1.82) is 0 Å². The standard InChI is InChI=1S/C17H24N5O13P3/c1-10-6-13(33-12(10)8-32-37(27,28)35-38(29,30)34-36(24,25)26)22-7-11(4-3-5-19-17(23)31-2)14-15(18)20-9-21-16(14)22/h7,9-10,12-13H,5-6,8H2,1-2H3,(H,19,23)(H,27,28)(H,29,30)(H2,18,20,21)(H2,24,25,26)/t10?,12-,13-/m1/s1. The van der Waals surface area contributed by atoms with Gasteiger partial charge in [0.1, 0.15) is 24.0 Å². The Morgan fingerprint density at radius 3 is 2.61 bits per heavy atom. The lowest BCUT2D eigenvalue weighted by Crippen LogP contribution is -2.22. The first-order valence-corrected chi connectivity index (χ1v) is 15.0. The van der Waals surface area contributed by atoms with E-state index in [1.165, 1.54) is 13.4 Å². The van der Waals surface area contributed by atoms with Crippen LogP contribution in [0, 0.1) is 17.8 Å². The molecule has 1 fully saturated rings. The molecule has 0 spiro atoms. The van der Waals surface area contributed by atoms with Gasteiger partial charge in [-0.15, -0.1) is 0 Å². The lowest BCUT2D eigenvalue weighted by molar-refractivity contribution is -0.0271. The Bertz CT molecular complexity index is 1400. The summed E-state index contributed by atoms with van der Waals surface area (Å²) in [6.07, 6.45) is 1.09. The number of alkyl carbamates (subject to hydrolysis) is 1. The molecule has 3 unspecified atom stereocenters. The molecule has 3 rings (SSSR count). The van der Waals surface area contributed by atoms with Gasteiger partial charge < -0.3 is 44.7 Å². The van der Waals surface area contributed by atoms with Crippen LogP contribution < -0.4 is 11.1 Å². The first-order valence-electron chi connectivity index (χ1n) is 10.5. The van der Waals surface area contributed by atoms with Crippen molar-refractivity contribution >= 4 is 46.4 Å². The van der Waals surface area contributed by atoms with Crippen LogP contribution in [0.15, 0.2) is 12.5 Å². The molecule has 1 aliphatic rings. The van der Waals surface area contributed by atoms with Crippen LogP contribution in [0.25, 0.3) is 11.0 Å². The second-order valence-electron chi connectivity index (χ2n) is 7.78. The maximum absolute atomic E-state index is 12.0. The number of carbonyl (C=O) groups excluding carboxylic acids is 1. The molecule has 5 atom stereocenters. The van der Waals surface area contributed by atoms with Crippen LogP contribution in [-0.4, -0.2) is 66.6 Å². The number of hydrogen-bond acceptors (Lipinski definition) is 12. The van der Waals surface area contributed by atoms with E-state index in [2.05, 4.69) is 40.5 Å². The number of phosphoric ester groups is 1. The summed E-state index contributed by atoms with van der Waals surface area (Å²) in [7, 11) is -15.2. The van der Waals surface area contributed by atoms with Crippen LogP contribution in [0.4, 0.5) is 10.6 Å². The average Bonchev–Trinajstić information content (AvgIpc) is 3.33. The van der Waals surface area contributed by atoms with E-state index in [0.29, 0.717) is 23.0 Å². The number of hydrogen-bond donors (Lipinski definition) is 6. The number of nitrogens with two attached hydrogens (primary N) is 1. The van der Waals surface area contributed by atoms with E-state index in [-0.39, 0.29) is 18.3 Å². The predicted octanol–water partition coefficient (Wildman–Crippen LogP) is 0.988. The fourth-order valence-corrected chi connectivity index (χ4v) is 6.50. The van der Waals surface area contributed by atoms with Gasteiger partial charge in [0.2, 0.25) is 0 Å². The first-order chi connectivity index (χ1) is 17.6. The summed E-state index contributed by atoms with van der Waals surface area (Å²) in [5.74, 6) is 5.50. The molecule has 2 aromatic heterocycles. The molecule has 1 saturated heterocycles. The van der Waals surface area contributed by atoms with Gasteiger partial charge in [-0.05, 0) is 12.3 Å². The second-order valence-corrected chi connectivity index (χ2v) is 12.2. The van der Waals surface area contributed by atoms with E-state index in [4.69, 9.17) is 24.8 Å². The Hall–Kier alpha value is -2.38. The average molecular weight is 599 g/mol. The summed E-state index contributed by atoms with van der Waals surface area (Å²) in [5, 5.41) is 2.85. The van der Waals surface area contributed by atoms with Crippen LogP contribution in [0.3, 0.4) is 0 Å². The van der Waals surface area contributed by atoms with E-state index in [0.717, 1.165) is 0 Å². The van der Waals surface area contributed by atoms with Gasteiger partial charge in [0.15, 0.2) is 0 Å². The van der Waals surface area contributed by atoms with Gasteiger partial charge in [0.05, 0.1) is 37.3 Å². The number of ether oxygens (including phenoxy) is 2. The molecule has 1 amide bonds. The predicted molar refractivity (Wildman–Crippen MR) is 127 cm³/mol. The van der Waals surface area contributed by atoms with Gasteiger partial charge in [-0.2, -0.15) is 8.62 Å². The molecular formula is C17H24N5O13P3. The third kappa shape index (κ3) is 8.06. The number of aromatic nitrogens is 3. The highest BCUT2D eigenvalue weighted by atomic mass is 31.3. The van der Waals surface area contributed by atoms with Crippen molar-refractivity contribution in [3.63, 3.8) is 0 Å². The number of nitrogen functional groups attached to an aromatic ring is 1. The van der Waals surface area contributed by atoms with Crippen molar-refractivity contribution in [3.8, 4) is 11.8 Å². The molecule has 210 valence electrons.